The van der Waals surface area contributed by atoms with Gasteiger partial charge in [0.1, 0.15) is 29.3 Å². The minimum Gasteiger partial charge on any atom is -0.508 e. The number of rotatable bonds is 4. The van der Waals surface area contributed by atoms with E-state index in [4.69, 9.17) is 0 Å². The average molecular weight is 438 g/mol. The summed E-state index contributed by atoms with van der Waals surface area (Å²) in [6, 6.07) is 8.65. The van der Waals surface area contributed by atoms with E-state index in [-0.39, 0.29) is 35.1 Å². The smallest absolute Gasteiger partial charge is 0.329 e. The number of carbonyl (C=O) groups is 1. The fraction of sp³-hybridized carbons (Fsp3) is 0.304. The van der Waals surface area contributed by atoms with Gasteiger partial charge < -0.3 is 25.3 Å². The summed E-state index contributed by atoms with van der Waals surface area (Å²) in [7, 11) is 1.77. The third-order valence-corrected chi connectivity index (χ3v) is 5.78. The van der Waals surface area contributed by atoms with Crippen molar-refractivity contribution in [1.29, 1.82) is 0 Å². The van der Waals surface area contributed by atoms with Gasteiger partial charge >= 0.3 is 6.03 Å². The fourth-order valence-electron chi connectivity index (χ4n) is 4.13. The van der Waals surface area contributed by atoms with Gasteiger partial charge in [0.2, 0.25) is 0 Å². The van der Waals surface area contributed by atoms with E-state index in [0.29, 0.717) is 17.8 Å². The first kappa shape index (κ1) is 21.5. The number of carbonyl (C=O) groups excluding carboxylic acids is 1. The van der Waals surface area contributed by atoms with Gasteiger partial charge in [-0.2, -0.15) is 0 Å². The summed E-state index contributed by atoms with van der Waals surface area (Å²) in [6.07, 6.45) is 4.61. The Kier molecular flexibility index (Phi) is 5.91. The van der Waals surface area contributed by atoms with Crippen LogP contribution in [0.2, 0.25) is 0 Å². The van der Waals surface area contributed by atoms with Crippen molar-refractivity contribution in [2.45, 2.75) is 25.4 Å². The Morgan fingerprint density at radius 2 is 1.53 bits per heavy atom. The van der Waals surface area contributed by atoms with Crippen molar-refractivity contribution < 1.29 is 25.2 Å². The Bertz CT molecular complexity index is 1080. The molecule has 0 atom stereocenters. The number of hydrogen-bond donors (Lipinski definition) is 4. The number of aromatic hydroxyl groups is 4. The zero-order chi connectivity index (χ0) is 22.8. The molecule has 0 aliphatic carbocycles. The third kappa shape index (κ3) is 4.78. The molecule has 0 bridgehead atoms. The van der Waals surface area contributed by atoms with Gasteiger partial charge in [0.15, 0.2) is 0 Å². The van der Waals surface area contributed by atoms with E-state index in [2.05, 4.69) is 9.88 Å². The third-order valence-electron chi connectivity index (χ3n) is 5.78. The van der Waals surface area contributed by atoms with Gasteiger partial charge in [-0.3, -0.25) is 9.47 Å². The molecule has 9 nitrogen and oxygen atoms in total. The minimum atomic E-state index is -0.204. The number of aromatic nitrogens is 2. The summed E-state index contributed by atoms with van der Waals surface area (Å²) in [4.78, 5) is 21.1. The molecule has 9 heteroatoms. The van der Waals surface area contributed by atoms with Crippen molar-refractivity contribution in [1.82, 2.24) is 19.4 Å². The second-order valence-corrected chi connectivity index (χ2v) is 8.16. The molecule has 3 aromatic rings. The normalized spacial score (nSPS) is 15.0. The molecular formula is C23H26N4O5. The summed E-state index contributed by atoms with van der Waals surface area (Å²) in [5.41, 5.74) is 1.83. The van der Waals surface area contributed by atoms with E-state index in [0.717, 1.165) is 31.5 Å². The first-order valence-corrected chi connectivity index (χ1v) is 10.4. The molecule has 32 heavy (non-hydrogen) atoms. The molecule has 168 valence electrons. The number of likely N-dealkylation sites (tertiary alicyclic amines) is 1. The van der Waals surface area contributed by atoms with E-state index >= 15 is 0 Å². The van der Waals surface area contributed by atoms with Crippen LogP contribution in [0.5, 0.6) is 23.0 Å². The van der Waals surface area contributed by atoms with E-state index in [9.17, 15) is 25.2 Å². The number of piperidine rings is 1. The predicted molar refractivity (Wildman–Crippen MR) is 118 cm³/mol. The molecule has 0 spiro atoms. The maximum absolute atomic E-state index is 13.0. The molecule has 1 fully saturated rings. The zero-order valence-corrected chi connectivity index (χ0v) is 17.7. The lowest BCUT2D eigenvalue weighted by Crippen LogP contribution is -2.46. The summed E-state index contributed by atoms with van der Waals surface area (Å²) in [5, 5.41) is 38.7. The molecule has 0 saturated carbocycles. The largest absolute Gasteiger partial charge is 0.508 e. The topological polar surface area (TPSA) is 122 Å². The van der Waals surface area contributed by atoms with Crippen molar-refractivity contribution >= 4 is 6.03 Å². The highest BCUT2D eigenvalue weighted by molar-refractivity contribution is 5.78. The fourth-order valence-corrected chi connectivity index (χ4v) is 4.13. The summed E-state index contributed by atoms with van der Waals surface area (Å²) in [6.45, 7) is 2.20. The number of nitrogens with zero attached hydrogens (tertiary/aromatic N) is 4. The van der Waals surface area contributed by atoms with Crippen LogP contribution in [-0.4, -0.2) is 72.0 Å². The predicted octanol–water partition coefficient (Wildman–Crippen LogP) is 2.94. The van der Waals surface area contributed by atoms with Gasteiger partial charge in [-0.05, 0) is 42.7 Å². The second-order valence-electron chi connectivity index (χ2n) is 8.16. The number of amides is 1. The molecule has 0 unspecified atom stereocenters. The Morgan fingerprint density at radius 1 is 0.969 bits per heavy atom. The van der Waals surface area contributed by atoms with E-state index in [1.807, 2.05) is 0 Å². The van der Waals surface area contributed by atoms with E-state index in [1.165, 1.54) is 35.2 Å². The molecule has 4 rings (SSSR count). The van der Waals surface area contributed by atoms with Gasteiger partial charge in [-0.25, -0.2) is 9.78 Å². The maximum Gasteiger partial charge on any atom is 0.329 e. The molecule has 1 aromatic heterocycles. The summed E-state index contributed by atoms with van der Waals surface area (Å²) in [5.74, 6) is -0.0712. The SMILES string of the molecule is CN(C(=O)n1cnc(-c2cc(O)cc(O)c2)c1)C1CCN(Cc2cc(O)cc(O)c2)CC1. The summed E-state index contributed by atoms with van der Waals surface area (Å²) >= 11 is 0. The first-order chi connectivity index (χ1) is 15.3. The lowest BCUT2D eigenvalue weighted by atomic mass is 10.0. The first-order valence-electron chi connectivity index (χ1n) is 10.4. The van der Waals surface area contributed by atoms with Gasteiger partial charge in [0.05, 0.1) is 5.69 Å². The average Bonchev–Trinajstić information content (AvgIpc) is 3.22. The number of imidazole rings is 1. The van der Waals surface area contributed by atoms with Crippen LogP contribution >= 0.6 is 0 Å². The van der Waals surface area contributed by atoms with Crippen molar-refractivity contribution in [2.75, 3.05) is 20.1 Å². The maximum atomic E-state index is 13.0. The van der Waals surface area contributed by atoms with Crippen LogP contribution in [0.15, 0.2) is 48.9 Å². The molecule has 2 heterocycles. The van der Waals surface area contributed by atoms with Gasteiger partial charge in [0.25, 0.3) is 0 Å². The Balaban J connectivity index is 1.36. The number of hydrogen-bond acceptors (Lipinski definition) is 7. The standard InChI is InChI=1S/C23H26N4O5/c1-25(17-2-4-26(5-3-17)12-15-6-18(28)10-19(29)7-15)23(32)27-13-22(24-14-27)16-8-20(30)11-21(31)9-16/h6-11,13-14,17,28-31H,2-5,12H2,1H3. The quantitative estimate of drug-likeness (QED) is 0.494. The Labute approximate surface area is 185 Å². The van der Waals surface area contributed by atoms with E-state index in [1.54, 1.807) is 30.3 Å². The minimum absolute atomic E-state index is 0.0424. The Morgan fingerprint density at radius 3 is 2.12 bits per heavy atom. The second kappa shape index (κ2) is 8.80. The highest BCUT2D eigenvalue weighted by Crippen LogP contribution is 2.28. The van der Waals surface area contributed by atoms with Crippen LogP contribution in [-0.2, 0) is 6.54 Å². The highest BCUT2D eigenvalue weighted by atomic mass is 16.3. The zero-order valence-electron chi connectivity index (χ0n) is 17.7. The van der Waals surface area contributed by atoms with Crippen LogP contribution in [0.3, 0.4) is 0 Å². The number of benzene rings is 2. The molecule has 1 amide bonds. The van der Waals surface area contributed by atoms with Crippen LogP contribution < -0.4 is 0 Å². The number of phenolic OH excluding ortho intramolecular Hbond substituents is 4. The summed E-state index contributed by atoms with van der Waals surface area (Å²) < 4.78 is 1.40. The Hall–Kier alpha value is -3.72. The van der Waals surface area contributed by atoms with E-state index < -0.39 is 0 Å². The molecule has 4 N–H and O–H groups in total. The monoisotopic (exact) mass is 438 g/mol. The van der Waals surface area contributed by atoms with Crippen molar-refractivity contribution in [3.63, 3.8) is 0 Å². The van der Waals surface area contributed by atoms with Crippen molar-refractivity contribution in [3.05, 3.63) is 54.5 Å². The lowest BCUT2D eigenvalue weighted by molar-refractivity contribution is 0.131. The number of phenols is 4. The van der Waals surface area contributed by atoms with Gasteiger partial charge in [-0.1, -0.05) is 0 Å². The molecule has 1 aliphatic heterocycles. The van der Waals surface area contributed by atoms with Gasteiger partial charge in [0, 0.05) is 56.6 Å². The van der Waals surface area contributed by atoms with Crippen LogP contribution in [0.4, 0.5) is 4.79 Å². The van der Waals surface area contributed by atoms with Crippen LogP contribution in [0.25, 0.3) is 11.3 Å². The van der Waals surface area contributed by atoms with Crippen molar-refractivity contribution in [2.24, 2.45) is 0 Å². The molecular weight excluding hydrogens is 412 g/mol. The van der Waals surface area contributed by atoms with Crippen molar-refractivity contribution in [3.8, 4) is 34.3 Å². The molecule has 2 aromatic carbocycles. The van der Waals surface area contributed by atoms with Crippen LogP contribution in [0, 0.1) is 0 Å². The molecule has 1 aliphatic rings. The molecule has 0 radical (unpaired) electrons. The van der Waals surface area contributed by atoms with Crippen LogP contribution in [0.1, 0.15) is 18.4 Å². The molecule has 1 saturated heterocycles. The highest BCUT2D eigenvalue weighted by Gasteiger charge is 2.26. The lowest BCUT2D eigenvalue weighted by Gasteiger charge is -2.36. The van der Waals surface area contributed by atoms with Gasteiger partial charge in [-0.15, -0.1) is 0 Å².